The monoisotopic (exact) mass is 518 g/mol. The number of rotatable bonds is 2. The summed E-state index contributed by atoms with van der Waals surface area (Å²) in [6.07, 6.45) is -2.62. The third kappa shape index (κ3) is 4.93. The summed E-state index contributed by atoms with van der Waals surface area (Å²) >= 11 is 5.91. The molecule has 12 heteroatoms. The van der Waals surface area contributed by atoms with Gasteiger partial charge in [-0.05, 0) is 18.9 Å². The van der Waals surface area contributed by atoms with Gasteiger partial charge in [-0.3, -0.25) is 9.39 Å². The van der Waals surface area contributed by atoms with Crippen molar-refractivity contribution in [2.45, 2.75) is 31.7 Å². The van der Waals surface area contributed by atoms with Crippen molar-refractivity contribution in [3.63, 3.8) is 0 Å². The number of aromatic nitrogens is 3. The van der Waals surface area contributed by atoms with Crippen molar-refractivity contribution in [1.29, 1.82) is 0 Å². The molecule has 7 nitrogen and oxygen atoms in total. The second kappa shape index (κ2) is 8.78. The normalized spacial score (nSPS) is 16.5. The molecule has 0 unspecified atom stereocenters. The summed E-state index contributed by atoms with van der Waals surface area (Å²) in [7, 11) is 1.62. The number of aliphatic imine (C=N–C) groups is 1. The number of pyridine rings is 1. The zero-order valence-electron chi connectivity index (χ0n) is 14.4. The Morgan fingerprint density at radius 2 is 2.04 bits per heavy atom. The van der Waals surface area contributed by atoms with Gasteiger partial charge in [0.05, 0.1) is 23.2 Å². The number of piperidine rings is 1. The summed E-state index contributed by atoms with van der Waals surface area (Å²) in [5, 5.41) is 20.3. The second-order valence-corrected chi connectivity index (χ2v) is 6.41. The Morgan fingerprint density at radius 3 is 2.63 bits per heavy atom. The first-order chi connectivity index (χ1) is 12.3. The molecule has 0 radical (unpaired) electrons. The van der Waals surface area contributed by atoms with Gasteiger partial charge in [-0.25, -0.2) is 0 Å². The average molecular weight is 519 g/mol. The maximum atomic E-state index is 13.0. The number of nitrogens with zero attached hydrogens (tertiary/aromatic N) is 5. The predicted octanol–water partition coefficient (Wildman–Crippen LogP) is 2.55. The number of aliphatic hydroxyl groups is 1. The van der Waals surface area contributed by atoms with E-state index in [1.54, 1.807) is 7.05 Å². The van der Waals surface area contributed by atoms with E-state index in [1.807, 2.05) is 4.90 Å². The molecule has 0 spiro atoms. The van der Waals surface area contributed by atoms with Crippen LogP contribution in [0.15, 0.2) is 17.3 Å². The smallest absolute Gasteiger partial charge is 0.393 e. The minimum Gasteiger partial charge on any atom is -0.393 e. The average Bonchev–Trinajstić information content (AvgIpc) is 3.00. The highest BCUT2D eigenvalue weighted by molar-refractivity contribution is 14.0. The van der Waals surface area contributed by atoms with Gasteiger partial charge in [-0.15, -0.1) is 34.2 Å². The highest BCUT2D eigenvalue weighted by atomic mass is 127. The van der Waals surface area contributed by atoms with Crippen LogP contribution < -0.4 is 5.32 Å². The first-order valence-corrected chi connectivity index (χ1v) is 8.41. The highest BCUT2D eigenvalue weighted by Gasteiger charge is 2.32. The van der Waals surface area contributed by atoms with Gasteiger partial charge in [0.1, 0.15) is 0 Å². The lowest BCUT2D eigenvalue weighted by molar-refractivity contribution is -0.137. The summed E-state index contributed by atoms with van der Waals surface area (Å²) in [5.74, 6) is 0.873. The van der Waals surface area contributed by atoms with E-state index in [1.165, 1.54) is 4.40 Å². The molecule has 27 heavy (non-hydrogen) atoms. The van der Waals surface area contributed by atoms with Gasteiger partial charge in [0.25, 0.3) is 0 Å². The van der Waals surface area contributed by atoms with E-state index in [9.17, 15) is 18.3 Å². The third-order valence-electron chi connectivity index (χ3n) is 4.24. The lowest BCUT2D eigenvalue weighted by atomic mass is 10.1. The fourth-order valence-corrected chi connectivity index (χ4v) is 3.09. The molecule has 2 N–H and O–H groups in total. The molecule has 1 aliphatic heterocycles. The number of guanidine groups is 1. The van der Waals surface area contributed by atoms with Crippen LogP contribution in [0.25, 0.3) is 5.65 Å². The van der Waals surface area contributed by atoms with Crippen LogP contribution in [-0.4, -0.2) is 56.8 Å². The van der Waals surface area contributed by atoms with Crippen LogP contribution in [0.1, 0.15) is 24.2 Å². The van der Waals surface area contributed by atoms with E-state index < -0.39 is 11.7 Å². The maximum absolute atomic E-state index is 13.0. The van der Waals surface area contributed by atoms with E-state index >= 15 is 0 Å². The molecule has 0 saturated carbocycles. The SMILES string of the molecule is CN=C(NCc1nnc2c(Cl)cc(C(F)(F)F)cn12)N1CCC(O)CC1.I. The summed E-state index contributed by atoms with van der Waals surface area (Å²) < 4.78 is 40.2. The van der Waals surface area contributed by atoms with E-state index in [2.05, 4.69) is 20.5 Å². The quantitative estimate of drug-likeness (QED) is 0.363. The fraction of sp³-hybridized carbons (Fsp3) is 0.533. The number of halogens is 5. The molecule has 150 valence electrons. The molecule has 0 aliphatic carbocycles. The summed E-state index contributed by atoms with van der Waals surface area (Å²) in [4.78, 5) is 6.15. The minimum atomic E-state index is -4.52. The van der Waals surface area contributed by atoms with E-state index in [-0.39, 0.29) is 53.1 Å². The minimum absolute atomic E-state index is 0. The number of nitrogens with one attached hydrogen (secondary N) is 1. The molecule has 3 heterocycles. The van der Waals surface area contributed by atoms with Crippen LogP contribution in [0.4, 0.5) is 13.2 Å². The van der Waals surface area contributed by atoms with Gasteiger partial charge < -0.3 is 15.3 Å². The molecule has 3 rings (SSSR count). The zero-order chi connectivity index (χ0) is 18.9. The van der Waals surface area contributed by atoms with Crippen molar-refractivity contribution in [2.75, 3.05) is 20.1 Å². The molecular weight excluding hydrogens is 500 g/mol. The van der Waals surface area contributed by atoms with Crippen molar-refractivity contribution in [2.24, 2.45) is 4.99 Å². The van der Waals surface area contributed by atoms with Crippen molar-refractivity contribution in [3.8, 4) is 0 Å². The molecule has 0 aromatic carbocycles. The van der Waals surface area contributed by atoms with Crippen LogP contribution in [0, 0.1) is 0 Å². The van der Waals surface area contributed by atoms with Crippen LogP contribution in [0.5, 0.6) is 0 Å². The summed E-state index contributed by atoms with van der Waals surface area (Å²) in [6.45, 7) is 1.42. The predicted molar refractivity (Wildman–Crippen MR) is 105 cm³/mol. The van der Waals surface area contributed by atoms with Gasteiger partial charge in [-0.2, -0.15) is 13.2 Å². The van der Waals surface area contributed by atoms with Crippen molar-refractivity contribution < 1.29 is 18.3 Å². The van der Waals surface area contributed by atoms with E-state index in [0.29, 0.717) is 31.9 Å². The highest BCUT2D eigenvalue weighted by Crippen LogP contribution is 2.32. The van der Waals surface area contributed by atoms with E-state index in [0.717, 1.165) is 12.3 Å². The number of aliphatic hydroxyl groups excluding tert-OH is 1. The van der Waals surface area contributed by atoms with Crippen LogP contribution >= 0.6 is 35.6 Å². The van der Waals surface area contributed by atoms with Crippen molar-refractivity contribution in [1.82, 2.24) is 24.8 Å². The van der Waals surface area contributed by atoms with Gasteiger partial charge in [-0.1, -0.05) is 11.6 Å². The largest absolute Gasteiger partial charge is 0.417 e. The first-order valence-electron chi connectivity index (χ1n) is 8.03. The zero-order valence-corrected chi connectivity index (χ0v) is 17.5. The summed E-state index contributed by atoms with van der Waals surface area (Å²) in [5.41, 5.74) is -0.710. The molecule has 0 atom stereocenters. The lowest BCUT2D eigenvalue weighted by Gasteiger charge is -2.32. The van der Waals surface area contributed by atoms with Gasteiger partial charge >= 0.3 is 6.18 Å². The molecule has 1 fully saturated rings. The molecule has 2 aromatic rings. The number of hydrogen-bond donors (Lipinski definition) is 2. The Labute approximate surface area is 175 Å². The number of likely N-dealkylation sites (tertiary alicyclic amines) is 1. The second-order valence-electron chi connectivity index (χ2n) is 6.00. The van der Waals surface area contributed by atoms with Crippen LogP contribution in [-0.2, 0) is 12.7 Å². The van der Waals surface area contributed by atoms with E-state index in [4.69, 9.17) is 11.6 Å². The molecule has 0 amide bonds. The fourth-order valence-electron chi connectivity index (χ4n) is 2.84. The van der Waals surface area contributed by atoms with Gasteiger partial charge in [0, 0.05) is 26.3 Å². The van der Waals surface area contributed by atoms with Crippen LogP contribution in [0.3, 0.4) is 0 Å². The lowest BCUT2D eigenvalue weighted by Crippen LogP contribution is -2.46. The van der Waals surface area contributed by atoms with Crippen molar-refractivity contribution >= 4 is 47.2 Å². The Morgan fingerprint density at radius 1 is 1.37 bits per heavy atom. The first kappa shape index (κ1) is 22.0. The molecule has 1 saturated heterocycles. The summed E-state index contributed by atoms with van der Waals surface area (Å²) in [6, 6.07) is 0.834. The van der Waals surface area contributed by atoms with Crippen LogP contribution in [0.2, 0.25) is 5.02 Å². The standard InChI is InChI=1S/C15H18ClF3N6O.HI/c1-20-14(24-4-2-10(26)3-5-24)21-7-12-22-23-13-11(16)6-9(8-25(12)13)15(17,18)19;/h6,8,10,26H,2-5,7H2,1H3,(H,20,21);1H. The topological polar surface area (TPSA) is 78.0 Å². The molecule has 2 aromatic heterocycles. The maximum Gasteiger partial charge on any atom is 0.417 e. The Balaban J connectivity index is 0.00000261. The third-order valence-corrected chi connectivity index (χ3v) is 4.52. The molecular formula is C15H19ClF3IN6O. The number of fused-ring (bicyclic) bond motifs is 1. The van der Waals surface area contributed by atoms with Gasteiger partial charge in [0.2, 0.25) is 0 Å². The Kier molecular flexibility index (Phi) is 7.14. The Bertz CT molecular complexity index is 820. The Hall–Kier alpha value is -1.34. The molecule has 0 bridgehead atoms. The van der Waals surface area contributed by atoms with Gasteiger partial charge in [0.15, 0.2) is 17.4 Å². The number of alkyl halides is 3. The molecule has 1 aliphatic rings. The van der Waals surface area contributed by atoms with Crippen molar-refractivity contribution in [3.05, 3.63) is 28.7 Å². The number of hydrogen-bond acceptors (Lipinski definition) is 4.